The molecule has 1 aromatic carbocycles. The van der Waals surface area contributed by atoms with E-state index in [1.807, 2.05) is 12.3 Å². The molecule has 1 aliphatic heterocycles. The Morgan fingerprint density at radius 1 is 1.10 bits per heavy atom. The zero-order chi connectivity index (χ0) is 28.0. The highest BCUT2D eigenvalue weighted by atomic mass is 19.4. The number of benzene rings is 1. The van der Waals surface area contributed by atoms with Crippen molar-refractivity contribution in [3.8, 4) is 22.9 Å². The summed E-state index contributed by atoms with van der Waals surface area (Å²) in [5.41, 5.74) is 4.45. The molecule has 0 bridgehead atoms. The van der Waals surface area contributed by atoms with Crippen LogP contribution in [0.15, 0.2) is 67.1 Å². The fourth-order valence-electron chi connectivity index (χ4n) is 4.22. The summed E-state index contributed by atoms with van der Waals surface area (Å²) in [5.74, 6) is -1.10. The Hall–Kier alpha value is -4.63. The number of anilines is 1. The number of aromatic nitrogens is 3. The molecule has 1 N–H and O–H groups in total. The maximum atomic E-state index is 10.6. The number of aliphatic carboxylic acids is 1. The molecule has 0 amide bonds. The van der Waals surface area contributed by atoms with Gasteiger partial charge >= 0.3 is 12.1 Å². The van der Waals surface area contributed by atoms with Gasteiger partial charge in [-0.05, 0) is 23.8 Å². The Morgan fingerprint density at radius 2 is 1.79 bits per heavy atom. The molecule has 0 atom stereocenters. The van der Waals surface area contributed by atoms with Crippen LogP contribution < -0.4 is 9.64 Å². The maximum Gasteiger partial charge on any atom is 0.490 e. The second kappa shape index (κ2) is 11.8. The van der Waals surface area contributed by atoms with Gasteiger partial charge < -0.3 is 14.7 Å². The molecule has 1 fully saturated rings. The minimum absolute atomic E-state index is 0.529. The van der Waals surface area contributed by atoms with Crippen LogP contribution in [-0.4, -0.2) is 70.0 Å². The van der Waals surface area contributed by atoms with Crippen molar-refractivity contribution >= 4 is 17.3 Å². The largest absolute Gasteiger partial charge is 0.495 e. The average molecular weight is 539 g/mol. The quantitative estimate of drug-likeness (QED) is 0.402. The van der Waals surface area contributed by atoms with E-state index < -0.39 is 12.1 Å². The number of alkyl halides is 3. The van der Waals surface area contributed by atoms with E-state index in [9.17, 15) is 18.4 Å². The van der Waals surface area contributed by atoms with Gasteiger partial charge in [0, 0.05) is 50.0 Å². The van der Waals surface area contributed by atoms with Gasteiger partial charge in [0.05, 0.1) is 30.6 Å². The number of methoxy groups -OCH3 is 1. The number of halogens is 3. The van der Waals surface area contributed by atoms with Crippen LogP contribution in [0, 0.1) is 11.3 Å². The lowest BCUT2D eigenvalue weighted by atomic mass is 10.1. The third-order valence-corrected chi connectivity index (χ3v) is 6.19. The first kappa shape index (κ1) is 27.4. The highest BCUT2D eigenvalue weighted by Crippen LogP contribution is 2.31. The number of carbonyl (C=O) groups is 1. The second-order valence-electron chi connectivity index (χ2n) is 8.71. The van der Waals surface area contributed by atoms with Crippen LogP contribution in [-0.2, 0) is 11.3 Å². The molecular weight excluding hydrogens is 513 g/mol. The number of ether oxygens (including phenoxy) is 1. The average Bonchev–Trinajstić information content (AvgIpc) is 3.37. The lowest BCUT2D eigenvalue weighted by molar-refractivity contribution is -0.192. The summed E-state index contributed by atoms with van der Waals surface area (Å²) in [6, 6.07) is 18.9. The Morgan fingerprint density at radius 3 is 2.36 bits per heavy atom. The molecule has 4 aromatic rings. The van der Waals surface area contributed by atoms with Crippen LogP contribution in [0.3, 0.4) is 0 Å². The van der Waals surface area contributed by atoms with Crippen molar-refractivity contribution in [2.45, 2.75) is 12.7 Å². The van der Waals surface area contributed by atoms with Gasteiger partial charge in [0.15, 0.2) is 0 Å². The molecule has 0 unspecified atom stereocenters. The first-order chi connectivity index (χ1) is 18.7. The predicted molar refractivity (Wildman–Crippen MR) is 137 cm³/mol. The van der Waals surface area contributed by atoms with Gasteiger partial charge in [0.1, 0.15) is 17.6 Å². The Bertz CT molecular complexity index is 1460. The number of hydrogen-bond donors (Lipinski definition) is 1. The van der Waals surface area contributed by atoms with E-state index in [1.54, 1.807) is 24.0 Å². The fourth-order valence-corrected chi connectivity index (χ4v) is 4.22. The number of fused-ring (bicyclic) bond motifs is 1. The third kappa shape index (κ3) is 6.63. The summed E-state index contributed by atoms with van der Waals surface area (Å²) in [6.07, 6.45) is 0.139. The molecule has 5 rings (SSSR count). The number of pyridine rings is 2. The first-order valence-electron chi connectivity index (χ1n) is 11.9. The van der Waals surface area contributed by atoms with Crippen molar-refractivity contribution in [1.29, 1.82) is 5.26 Å². The number of rotatable bonds is 5. The molecule has 0 radical (unpaired) electrons. The third-order valence-electron chi connectivity index (χ3n) is 6.19. The topological polar surface area (TPSA) is 107 Å². The molecule has 3 aromatic heterocycles. The van der Waals surface area contributed by atoms with Gasteiger partial charge in [-0.15, -0.1) is 0 Å². The van der Waals surface area contributed by atoms with E-state index in [4.69, 9.17) is 19.6 Å². The van der Waals surface area contributed by atoms with Crippen molar-refractivity contribution in [3.05, 3.63) is 78.2 Å². The van der Waals surface area contributed by atoms with E-state index in [0.29, 0.717) is 11.3 Å². The van der Waals surface area contributed by atoms with E-state index in [0.717, 1.165) is 55.2 Å². The van der Waals surface area contributed by atoms with Crippen LogP contribution in [0.5, 0.6) is 5.75 Å². The molecule has 4 heterocycles. The van der Waals surface area contributed by atoms with E-state index in [2.05, 4.69) is 63.4 Å². The molecule has 9 nitrogen and oxygen atoms in total. The number of piperazine rings is 1. The van der Waals surface area contributed by atoms with Gasteiger partial charge in [-0.3, -0.25) is 4.90 Å². The fraction of sp³-hybridized carbons (Fsp3) is 0.259. The van der Waals surface area contributed by atoms with Crippen molar-refractivity contribution < 1.29 is 27.8 Å². The smallest absolute Gasteiger partial charge is 0.490 e. The summed E-state index contributed by atoms with van der Waals surface area (Å²) in [4.78, 5) is 18.4. The molecule has 202 valence electrons. The zero-order valence-corrected chi connectivity index (χ0v) is 21.0. The van der Waals surface area contributed by atoms with Crippen LogP contribution in [0.1, 0.15) is 11.1 Å². The Labute approximate surface area is 222 Å². The zero-order valence-electron chi connectivity index (χ0n) is 21.0. The monoisotopic (exact) mass is 538 g/mol. The van der Waals surface area contributed by atoms with Gasteiger partial charge in [-0.1, -0.05) is 30.3 Å². The Kier molecular flexibility index (Phi) is 8.31. The van der Waals surface area contributed by atoms with Crippen molar-refractivity contribution in [2.24, 2.45) is 0 Å². The SMILES string of the molecule is COc1cc(-c2ccc(N3CCN(Cc4ccccc4)CC3)nc2)c2c(C#N)cnn2c1.O=C(O)C(F)(F)F. The predicted octanol–water partition coefficient (Wildman–Crippen LogP) is 4.23. The molecular formula is C27H25F3N6O3. The van der Waals surface area contributed by atoms with Gasteiger partial charge in [-0.25, -0.2) is 14.3 Å². The van der Waals surface area contributed by atoms with Crippen molar-refractivity contribution in [1.82, 2.24) is 19.5 Å². The van der Waals surface area contributed by atoms with Crippen molar-refractivity contribution in [3.63, 3.8) is 0 Å². The molecule has 39 heavy (non-hydrogen) atoms. The van der Waals surface area contributed by atoms with Gasteiger partial charge in [0.25, 0.3) is 0 Å². The summed E-state index contributed by atoms with van der Waals surface area (Å²) < 4.78 is 38.8. The molecule has 0 spiro atoms. The highest BCUT2D eigenvalue weighted by Gasteiger charge is 2.38. The molecule has 12 heteroatoms. The van der Waals surface area contributed by atoms with Crippen LogP contribution in [0.4, 0.5) is 19.0 Å². The number of carboxylic acids is 1. The molecule has 1 saturated heterocycles. The van der Waals surface area contributed by atoms with Crippen LogP contribution in [0.25, 0.3) is 16.6 Å². The van der Waals surface area contributed by atoms with Crippen LogP contribution in [0.2, 0.25) is 0 Å². The first-order valence-corrected chi connectivity index (χ1v) is 11.9. The number of nitrogens with zero attached hydrogens (tertiary/aromatic N) is 6. The minimum Gasteiger partial charge on any atom is -0.495 e. The lowest BCUT2D eigenvalue weighted by Crippen LogP contribution is -2.46. The normalized spacial score (nSPS) is 13.9. The molecule has 0 aliphatic carbocycles. The maximum absolute atomic E-state index is 10.6. The van der Waals surface area contributed by atoms with E-state index in [-0.39, 0.29) is 0 Å². The second-order valence-corrected chi connectivity index (χ2v) is 8.71. The number of hydrogen-bond acceptors (Lipinski definition) is 7. The lowest BCUT2D eigenvalue weighted by Gasteiger charge is -2.35. The molecule has 0 saturated carbocycles. The number of nitriles is 1. The summed E-state index contributed by atoms with van der Waals surface area (Å²) >= 11 is 0. The Balaban J connectivity index is 0.000000448. The van der Waals surface area contributed by atoms with Crippen molar-refractivity contribution in [2.75, 3.05) is 38.2 Å². The minimum atomic E-state index is -5.08. The van der Waals surface area contributed by atoms with E-state index >= 15 is 0 Å². The van der Waals surface area contributed by atoms with Gasteiger partial charge in [0.2, 0.25) is 0 Å². The summed E-state index contributed by atoms with van der Waals surface area (Å²) in [6.45, 7) is 4.90. The summed E-state index contributed by atoms with van der Waals surface area (Å²) in [7, 11) is 1.62. The number of carboxylic acid groups (broad SMARTS) is 1. The summed E-state index contributed by atoms with van der Waals surface area (Å²) in [5, 5.41) is 20.9. The standard InChI is InChI=1S/C25H24N6O.C2HF3O2/c1-32-22-13-23(25-21(14-26)16-28-31(25)18-22)20-7-8-24(27-15-20)30-11-9-29(10-12-30)17-19-5-3-2-4-6-19;3-2(4,5)1(6)7/h2-8,13,15-16,18H,9-12,17H2,1H3;(H,6,7). The molecule has 1 aliphatic rings. The van der Waals surface area contributed by atoms with E-state index in [1.165, 1.54) is 5.56 Å². The highest BCUT2D eigenvalue weighted by molar-refractivity contribution is 5.85. The van der Waals surface area contributed by atoms with Crippen LogP contribution >= 0.6 is 0 Å². The van der Waals surface area contributed by atoms with Gasteiger partial charge in [-0.2, -0.15) is 23.5 Å².